The molecule has 0 amide bonds. The summed E-state index contributed by atoms with van der Waals surface area (Å²) in [5, 5.41) is 0. The van der Waals surface area contributed by atoms with Crippen LogP contribution >= 0.6 is 0 Å². The molecule has 0 aliphatic carbocycles. The van der Waals surface area contributed by atoms with Crippen LogP contribution in [0, 0.1) is 11.8 Å². The minimum Gasteiger partial charge on any atom is -0.465 e. The van der Waals surface area contributed by atoms with Crippen LogP contribution < -0.4 is 0 Å². The number of hydrogen-bond acceptors (Lipinski definition) is 6. The first-order chi connectivity index (χ1) is 28.9. The maximum atomic E-state index is 12.8. The predicted octanol–water partition coefficient (Wildman–Crippen LogP) is 15.7. The Morgan fingerprint density at radius 1 is 0.373 bits per heavy atom. The van der Waals surface area contributed by atoms with Crippen molar-refractivity contribution in [1.29, 1.82) is 0 Å². The molecule has 0 heterocycles. The zero-order valence-corrected chi connectivity index (χ0v) is 41.1. The Morgan fingerprint density at radius 2 is 0.678 bits per heavy atom. The van der Waals surface area contributed by atoms with E-state index in [1.807, 2.05) is 0 Å². The van der Waals surface area contributed by atoms with Gasteiger partial charge in [-0.2, -0.15) is 0 Å². The molecule has 0 bridgehead atoms. The van der Waals surface area contributed by atoms with E-state index in [0.717, 1.165) is 71.2 Å². The Kier molecular flexibility index (Phi) is 45.5. The van der Waals surface area contributed by atoms with Gasteiger partial charge in [0.2, 0.25) is 0 Å². The summed E-state index contributed by atoms with van der Waals surface area (Å²) in [7, 11) is 2.20. The molecular formula is C53H106N2O4. The molecule has 2 unspecified atom stereocenters. The molecule has 0 spiro atoms. The highest BCUT2D eigenvalue weighted by molar-refractivity contribution is 5.69. The molecule has 6 nitrogen and oxygen atoms in total. The smallest absolute Gasteiger partial charge is 0.305 e. The zero-order valence-electron chi connectivity index (χ0n) is 41.1. The first-order valence-electron chi connectivity index (χ1n) is 26.6. The lowest BCUT2D eigenvalue weighted by Crippen LogP contribution is -2.34. The van der Waals surface area contributed by atoms with E-state index in [0.29, 0.717) is 37.9 Å². The van der Waals surface area contributed by atoms with Crippen LogP contribution in [-0.4, -0.2) is 74.7 Å². The van der Waals surface area contributed by atoms with Crippen molar-refractivity contribution < 1.29 is 19.1 Å². The minimum atomic E-state index is 0.00304. The molecule has 0 aromatic carbocycles. The number of rotatable bonds is 48. The molecule has 0 aliphatic heterocycles. The Labute approximate surface area is 370 Å². The van der Waals surface area contributed by atoms with Crippen LogP contribution in [0.1, 0.15) is 266 Å². The van der Waals surface area contributed by atoms with Crippen molar-refractivity contribution in [2.45, 2.75) is 266 Å². The van der Waals surface area contributed by atoms with Gasteiger partial charge in [0.05, 0.1) is 13.2 Å². The number of likely N-dealkylation sites (N-methyl/N-ethyl adjacent to an activating group) is 1. The van der Waals surface area contributed by atoms with Crippen molar-refractivity contribution in [3.8, 4) is 0 Å². The van der Waals surface area contributed by atoms with Crippen LogP contribution in [0.5, 0.6) is 0 Å². The van der Waals surface area contributed by atoms with Crippen molar-refractivity contribution in [3.63, 3.8) is 0 Å². The summed E-state index contributed by atoms with van der Waals surface area (Å²) in [5.74, 6) is 1.07. The Bertz CT molecular complexity index is 868. The third-order valence-corrected chi connectivity index (χ3v) is 12.9. The van der Waals surface area contributed by atoms with Gasteiger partial charge in [0.15, 0.2) is 0 Å². The summed E-state index contributed by atoms with van der Waals surface area (Å²) in [6, 6.07) is 0. The summed E-state index contributed by atoms with van der Waals surface area (Å²) < 4.78 is 11.8. The quantitative estimate of drug-likeness (QED) is 0.0449. The van der Waals surface area contributed by atoms with Crippen molar-refractivity contribution in [2.24, 2.45) is 11.8 Å². The SMILES string of the molecule is CCCCCCCCCCC(CCCCCCCC)COC(=O)CCCCCN(CCCCCC(=O)OCC(CCCCCC)CCCCCCCC)CCN(C)CC. The van der Waals surface area contributed by atoms with Crippen LogP contribution in [0.15, 0.2) is 0 Å². The first kappa shape index (κ1) is 57.9. The maximum absolute atomic E-state index is 12.8. The second-order valence-electron chi connectivity index (χ2n) is 18.7. The standard InChI is InChI=1S/C53H106N2O4/c1-7-12-16-20-23-24-27-33-41-51(40-32-26-22-18-14-9-3)49-59-53(57)43-35-29-37-45-55(47-46-54(6)11-5)44-36-28-34-42-52(56)58-48-50(38-30-19-15-10-4)39-31-25-21-17-13-8-2/h50-51H,7-49H2,1-6H3. The van der Waals surface area contributed by atoms with Crippen molar-refractivity contribution >= 4 is 11.9 Å². The van der Waals surface area contributed by atoms with E-state index in [1.165, 1.54) is 180 Å². The molecule has 0 saturated carbocycles. The van der Waals surface area contributed by atoms with E-state index in [4.69, 9.17) is 9.47 Å². The molecule has 0 rings (SSSR count). The molecule has 0 aromatic heterocycles. The fourth-order valence-electron chi connectivity index (χ4n) is 8.41. The monoisotopic (exact) mass is 835 g/mol. The second-order valence-corrected chi connectivity index (χ2v) is 18.7. The van der Waals surface area contributed by atoms with Gasteiger partial charge in [-0.3, -0.25) is 9.59 Å². The summed E-state index contributed by atoms with van der Waals surface area (Å²) in [6.45, 7) is 17.9. The molecular weight excluding hydrogens is 729 g/mol. The molecule has 0 aliphatic rings. The van der Waals surface area contributed by atoms with Crippen LogP contribution in [0.3, 0.4) is 0 Å². The zero-order chi connectivity index (χ0) is 43.3. The molecule has 0 saturated heterocycles. The summed E-state index contributed by atoms with van der Waals surface area (Å²) in [4.78, 5) is 30.5. The van der Waals surface area contributed by atoms with Gasteiger partial charge in [-0.1, -0.05) is 202 Å². The highest BCUT2D eigenvalue weighted by atomic mass is 16.5. The van der Waals surface area contributed by atoms with E-state index in [2.05, 4.69) is 51.5 Å². The normalized spacial score (nSPS) is 12.7. The molecule has 59 heavy (non-hydrogen) atoms. The van der Waals surface area contributed by atoms with Crippen molar-refractivity contribution in [2.75, 3.05) is 53.0 Å². The Morgan fingerprint density at radius 3 is 1.02 bits per heavy atom. The number of carbonyl (C=O) groups is 2. The Hall–Kier alpha value is -1.14. The van der Waals surface area contributed by atoms with E-state index in [1.54, 1.807) is 0 Å². The van der Waals surface area contributed by atoms with E-state index >= 15 is 0 Å². The fourth-order valence-corrected chi connectivity index (χ4v) is 8.41. The molecule has 6 heteroatoms. The van der Waals surface area contributed by atoms with Gasteiger partial charge < -0.3 is 19.3 Å². The van der Waals surface area contributed by atoms with Crippen LogP contribution in [0.25, 0.3) is 0 Å². The molecule has 2 atom stereocenters. The molecule has 0 aromatic rings. The molecule has 0 fully saturated rings. The van der Waals surface area contributed by atoms with Crippen LogP contribution in [-0.2, 0) is 19.1 Å². The van der Waals surface area contributed by atoms with Gasteiger partial charge in [0.1, 0.15) is 0 Å². The van der Waals surface area contributed by atoms with Gasteiger partial charge in [-0.15, -0.1) is 0 Å². The Balaban J connectivity index is 4.53. The third kappa shape index (κ3) is 42.0. The van der Waals surface area contributed by atoms with Gasteiger partial charge in [-0.05, 0) is 89.9 Å². The molecule has 352 valence electrons. The van der Waals surface area contributed by atoms with Gasteiger partial charge >= 0.3 is 11.9 Å². The summed E-state index contributed by atoms with van der Waals surface area (Å²) >= 11 is 0. The number of unbranched alkanes of at least 4 members (excludes halogenated alkanes) is 24. The minimum absolute atomic E-state index is 0.00304. The number of ether oxygens (including phenoxy) is 2. The number of carbonyl (C=O) groups excluding carboxylic acids is 2. The number of esters is 2. The fraction of sp³-hybridized carbons (Fsp3) is 0.962. The number of nitrogens with zero attached hydrogens (tertiary/aromatic N) is 2. The third-order valence-electron chi connectivity index (χ3n) is 12.9. The summed E-state index contributed by atoms with van der Waals surface area (Å²) in [6.07, 6.45) is 44.0. The van der Waals surface area contributed by atoms with E-state index < -0.39 is 0 Å². The predicted molar refractivity (Wildman–Crippen MR) is 257 cm³/mol. The van der Waals surface area contributed by atoms with E-state index in [-0.39, 0.29) is 11.9 Å². The summed E-state index contributed by atoms with van der Waals surface area (Å²) in [5.41, 5.74) is 0. The molecule has 0 radical (unpaired) electrons. The largest absolute Gasteiger partial charge is 0.465 e. The number of hydrogen-bond donors (Lipinski definition) is 0. The molecule has 0 N–H and O–H groups in total. The van der Waals surface area contributed by atoms with Gasteiger partial charge in [0, 0.05) is 25.9 Å². The topological polar surface area (TPSA) is 59.1 Å². The van der Waals surface area contributed by atoms with Gasteiger partial charge in [-0.25, -0.2) is 0 Å². The van der Waals surface area contributed by atoms with Crippen LogP contribution in [0.4, 0.5) is 0 Å². The lowest BCUT2D eigenvalue weighted by atomic mass is 9.94. The second kappa shape index (κ2) is 46.4. The van der Waals surface area contributed by atoms with Crippen LogP contribution in [0.2, 0.25) is 0 Å². The first-order valence-corrected chi connectivity index (χ1v) is 26.6. The van der Waals surface area contributed by atoms with Gasteiger partial charge in [0.25, 0.3) is 0 Å². The van der Waals surface area contributed by atoms with Crippen molar-refractivity contribution in [3.05, 3.63) is 0 Å². The average Bonchev–Trinajstić information content (AvgIpc) is 3.24. The lowest BCUT2D eigenvalue weighted by molar-refractivity contribution is -0.146. The lowest BCUT2D eigenvalue weighted by Gasteiger charge is -2.25. The van der Waals surface area contributed by atoms with Crippen molar-refractivity contribution in [1.82, 2.24) is 9.80 Å². The maximum Gasteiger partial charge on any atom is 0.305 e. The highest BCUT2D eigenvalue weighted by Crippen LogP contribution is 2.22. The van der Waals surface area contributed by atoms with E-state index in [9.17, 15) is 9.59 Å². The average molecular weight is 835 g/mol. The highest BCUT2D eigenvalue weighted by Gasteiger charge is 2.15.